The first kappa shape index (κ1) is 15.4. The van der Waals surface area contributed by atoms with E-state index in [1.54, 1.807) is 24.5 Å². The van der Waals surface area contributed by atoms with Crippen LogP contribution in [0.4, 0.5) is 0 Å². The Hall–Kier alpha value is -2.47. The SMILES string of the molecule is CC1NCCN(C(=O)c2cccc(Oc3cnccn3)c2)C1C. The van der Waals surface area contributed by atoms with Crippen LogP contribution in [-0.4, -0.2) is 45.9 Å². The number of carbonyl (C=O) groups excluding carboxylic acids is 1. The third kappa shape index (κ3) is 3.48. The van der Waals surface area contributed by atoms with E-state index < -0.39 is 0 Å². The molecule has 1 amide bonds. The number of benzene rings is 1. The second-order valence-corrected chi connectivity index (χ2v) is 5.66. The molecular weight excluding hydrogens is 292 g/mol. The molecular formula is C17H20N4O2. The van der Waals surface area contributed by atoms with Gasteiger partial charge in [0.05, 0.1) is 6.20 Å². The maximum Gasteiger partial charge on any atom is 0.254 e. The number of piperazine rings is 1. The molecule has 23 heavy (non-hydrogen) atoms. The van der Waals surface area contributed by atoms with Gasteiger partial charge in [0.25, 0.3) is 5.91 Å². The predicted octanol–water partition coefficient (Wildman–Crippen LogP) is 2.09. The van der Waals surface area contributed by atoms with Gasteiger partial charge in [0.15, 0.2) is 0 Å². The number of amides is 1. The van der Waals surface area contributed by atoms with Gasteiger partial charge in [-0.15, -0.1) is 0 Å². The lowest BCUT2D eigenvalue weighted by atomic mass is 10.1. The van der Waals surface area contributed by atoms with Crippen LogP contribution in [0.1, 0.15) is 24.2 Å². The normalized spacial score (nSPS) is 21.0. The molecule has 1 aliphatic heterocycles. The lowest BCUT2D eigenvalue weighted by molar-refractivity contribution is 0.0602. The maximum atomic E-state index is 12.8. The van der Waals surface area contributed by atoms with E-state index in [-0.39, 0.29) is 18.0 Å². The van der Waals surface area contributed by atoms with Gasteiger partial charge in [-0.3, -0.25) is 9.78 Å². The van der Waals surface area contributed by atoms with Crippen molar-refractivity contribution in [3.63, 3.8) is 0 Å². The summed E-state index contributed by atoms with van der Waals surface area (Å²) in [5, 5.41) is 3.38. The minimum absolute atomic E-state index is 0.0236. The van der Waals surface area contributed by atoms with Crippen molar-refractivity contribution in [1.29, 1.82) is 0 Å². The monoisotopic (exact) mass is 312 g/mol. The van der Waals surface area contributed by atoms with Crippen LogP contribution in [0.25, 0.3) is 0 Å². The number of nitrogens with one attached hydrogen (secondary N) is 1. The van der Waals surface area contributed by atoms with Gasteiger partial charge in [-0.25, -0.2) is 4.98 Å². The van der Waals surface area contributed by atoms with Crippen LogP contribution in [0.15, 0.2) is 42.9 Å². The van der Waals surface area contributed by atoms with E-state index in [0.29, 0.717) is 23.7 Å². The molecule has 0 bridgehead atoms. The molecule has 1 saturated heterocycles. The van der Waals surface area contributed by atoms with Gasteiger partial charge in [-0.1, -0.05) is 6.07 Å². The molecule has 1 aromatic heterocycles. The molecule has 0 spiro atoms. The Morgan fingerprint density at radius 2 is 2.22 bits per heavy atom. The standard InChI is InChI=1S/C17H20N4O2/c1-12-13(2)21(9-8-19-12)17(22)14-4-3-5-15(10-14)23-16-11-18-6-7-20-16/h3-7,10-13,19H,8-9H2,1-2H3. The van der Waals surface area contributed by atoms with Gasteiger partial charge in [-0.05, 0) is 32.0 Å². The Bertz CT molecular complexity index is 677. The van der Waals surface area contributed by atoms with Crippen molar-refractivity contribution in [3.8, 4) is 11.6 Å². The van der Waals surface area contributed by atoms with Crippen LogP contribution in [0, 0.1) is 0 Å². The number of rotatable bonds is 3. The van der Waals surface area contributed by atoms with Gasteiger partial charge in [0.2, 0.25) is 5.88 Å². The van der Waals surface area contributed by atoms with Crippen molar-refractivity contribution in [2.24, 2.45) is 0 Å². The van der Waals surface area contributed by atoms with Gasteiger partial charge in [-0.2, -0.15) is 0 Å². The van der Waals surface area contributed by atoms with Gasteiger partial charge >= 0.3 is 0 Å². The lowest BCUT2D eigenvalue weighted by Crippen LogP contribution is -2.57. The summed E-state index contributed by atoms with van der Waals surface area (Å²) in [7, 11) is 0. The summed E-state index contributed by atoms with van der Waals surface area (Å²) in [6.07, 6.45) is 4.68. The van der Waals surface area contributed by atoms with Crippen LogP contribution in [0.5, 0.6) is 11.6 Å². The fourth-order valence-corrected chi connectivity index (χ4v) is 2.66. The Labute approximate surface area is 135 Å². The highest BCUT2D eigenvalue weighted by Crippen LogP contribution is 2.21. The smallest absolute Gasteiger partial charge is 0.254 e. The summed E-state index contributed by atoms with van der Waals surface area (Å²) in [6, 6.07) is 7.61. The van der Waals surface area contributed by atoms with E-state index in [9.17, 15) is 4.79 Å². The van der Waals surface area contributed by atoms with E-state index in [2.05, 4.69) is 29.1 Å². The van der Waals surface area contributed by atoms with E-state index in [4.69, 9.17) is 4.74 Å². The third-order valence-corrected chi connectivity index (χ3v) is 4.14. The molecule has 1 fully saturated rings. The molecule has 0 aliphatic carbocycles. The Morgan fingerprint density at radius 1 is 1.35 bits per heavy atom. The zero-order valence-corrected chi connectivity index (χ0v) is 13.3. The molecule has 2 heterocycles. The summed E-state index contributed by atoms with van der Waals surface area (Å²) < 4.78 is 5.65. The first-order chi connectivity index (χ1) is 11.1. The molecule has 0 saturated carbocycles. The fourth-order valence-electron chi connectivity index (χ4n) is 2.66. The third-order valence-electron chi connectivity index (χ3n) is 4.14. The van der Waals surface area contributed by atoms with Gasteiger partial charge < -0.3 is 15.0 Å². The molecule has 1 aliphatic rings. The van der Waals surface area contributed by atoms with Crippen LogP contribution in [0.3, 0.4) is 0 Å². The summed E-state index contributed by atoms with van der Waals surface area (Å²) in [6.45, 7) is 5.68. The van der Waals surface area contributed by atoms with E-state index in [0.717, 1.165) is 6.54 Å². The fraction of sp³-hybridized carbons (Fsp3) is 0.353. The zero-order valence-electron chi connectivity index (χ0n) is 13.3. The number of carbonyl (C=O) groups is 1. The largest absolute Gasteiger partial charge is 0.437 e. The topological polar surface area (TPSA) is 67.4 Å². The number of nitrogens with zero attached hydrogens (tertiary/aromatic N) is 3. The molecule has 3 rings (SSSR count). The minimum Gasteiger partial charge on any atom is -0.437 e. The lowest BCUT2D eigenvalue weighted by Gasteiger charge is -2.38. The number of ether oxygens (including phenoxy) is 1. The highest BCUT2D eigenvalue weighted by atomic mass is 16.5. The molecule has 0 radical (unpaired) electrons. The Balaban J connectivity index is 1.78. The Morgan fingerprint density at radius 3 is 3.00 bits per heavy atom. The van der Waals surface area contributed by atoms with Gasteiger partial charge in [0.1, 0.15) is 5.75 Å². The average Bonchev–Trinajstić information content (AvgIpc) is 2.58. The molecule has 6 nitrogen and oxygen atoms in total. The highest BCUT2D eigenvalue weighted by molar-refractivity contribution is 5.95. The second kappa shape index (κ2) is 6.75. The van der Waals surface area contributed by atoms with Crippen LogP contribution in [-0.2, 0) is 0 Å². The van der Waals surface area contributed by atoms with Gasteiger partial charge in [0, 0.05) is 43.1 Å². The molecule has 6 heteroatoms. The van der Waals surface area contributed by atoms with E-state index in [1.165, 1.54) is 6.20 Å². The summed E-state index contributed by atoms with van der Waals surface area (Å²) in [5.74, 6) is 1.00. The molecule has 120 valence electrons. The average molecular weight is 312 g/mol. The quantitative estimate of drug-likeness (QED) is 0.940. The van der Waals surface area contributed by atoms with Crippen molar-refractivity contribution < 1.29 is 9.53 Å². The van der Waals surface area contributed by atoms with Crippen LogP contribution >= 0.6 is 0 Å². The first-order valence-electron chi connectivity index (χ1n) is 7.73. The number of hydrogen-bond acceptors (Lipinski definition) is 5. The summed E-state index contributed by atoms with van der Waals surface area (Å²) >= 11 is 0. The molecule has 2 unspecified atom stereocenters. The van der Waals surface area contributed by atoms with Crippen molar-refractivity contribution in [2.45, 2.75) is 25.9 Å². The number of aromatic nitrogens is 2. The molecule has 1 N–H and O–H groups in total. The van der Waals surface area contributed by atoms with Crippen molar-refractivity contribution in [2.75, 3.05) is 13.1 Å². The summed E-state index contributed by atoms with van der Waals surface area (Å²) in [5.41, 5.74) is 0.618. The molecule has 1 aromatic carbocycles. The van der Waals surface area contributed by atoms with Crippen LogP contribution < -0.4 is 10.1 Å². The van der Waals surface area contributed by atoms with Crippen molar-refractivity contribution in [3.05, 3.63) is 48.4 Å². The summed E-state index contributed by atoms with van der Waals surface area (Å²) in [4.78, 5) is 22.7. The van der Waals surface area contributed by atoms with E-state index >= 15 is 0 Å². The first-order valence-corrected chi connectivity index (χ1v) is 7.73. The molecule has 2 aromatic rings. The van der Waals surface area contributed by atoms with Crippen molar-refractivity contribution >= 4 is 5.91 Å². The minimum atomic E-state index is 0.0236. The number of hydrogen-bond donors (Lipinski definition) is 1. The van der Waals surface area contributed by atoms with Crippen LogP contribution in [0.2, 0.25) is 0 Å². The zero-order chi connectivity index (χ0) is 16.2. The molecule has 2 atom stereocenters. The second-order valence-electron chi connectivity index (χ2n) is 5.66. The van der Waals surface area contributed by atoms with Crippen molar-refractivity contribution in [1.82, 2.24) is 20.2 Å². The highest BCUT2D eigenvalue weighted by Gasteiger charge is 2.28. The predicted molar refractivity (Wildman–Crippen MR) is 86.5 cm³/mol. The van der Waals surface area contributed by atoms with E-state index in [1.807, 2.05) is 17.0 Å². The maximum absolute atomic E-state index is 12.8. The Kier molecular flexibility index (Phi) is 4.52.